The molecule has 1 amide bonds. The van der Waals surface area contributed by atoms with E-state index in [0.717, 1.165) is 34.9 Å². The van der Waals surface area contributed by atoms with Crippen LogP contribution in [0.25, 0.3) is 0 Å². The molecule has 0 fully saturated rings. The summed E-state index contributed by atoms with van der Waals surface area (Å²) < 4.78 is 11.8. The molecule has 206 valence electrons. The Morgan fingerprint density at radius 1 is 1.15 bits per heavy atom. The van der Waals surface area contributed by atoms with Gasteiger partial charge in [0.25, 0.3) is 5.91 Å². The molecule has 0 saturated heterocycles. The van der Waals surface area contributed by atoms with Crippen LogP contribution in [0.5, 0.6) is 5.75 Å². The molecule has 0 radical (unpaired) electrons. The highest BCUT2D eigenvalue weighted by atomic mass is 79.9. The Hall–Kier alpha value is -2.75. The zero-order chi connectivity index (χ0) is 28.2. The lowest BCUT2D eigenvalue weighted by atomic mass is 9.72. The Kier molecular flexibility index (Phi) is 9.46. The van der Waals surface area contributed by atoms with Gasteiger partial charge in [0.15, 0.2) is 5.11 Å². The second-order valence-electron chi connectivity index (χ2n) is 10.6. The normalized spacial score (nSPS) is 14.7. The number of hydrogen-bond acceptors (Lipinski definition) is 6. The van der Waals surface area contributed by atoms with Crippen LogP contribution in [-0.2, 0) is 24.0 Å². The average Bonchev–Trinajstić information content (AvgIpc) is 3.25. The summed E-state index contributed by atoms with van der Waals surface area (Å²) in [4.78, 5) is 27.2. The molecule has 0 spiro atoms. The Morgan fingerprint density at radius 2 is 1.90 bits per heavy atom. The number of benzene rings is 2. The van der Waals surface area contributed by atoms with Gasteiger partial charge in [-0.15, -0.1) is 11.3 Å². The lowest BCUT2D eigenvalue weighted by molar-refractivity contribution is 0.0600. The molecule has 2 N–H and O–H groups in total. The lowest BCUT2D eigenvalue weighted by Crippen LogP contribution is -2.34. The number of halogens is 1. The molecule has 1 atom stereocenters. The molecule has 1 aliphatic carbocycles. The number of nitrogens with one attached hydrogen (secondary N) is 2. The lowest BCUT2D eigenvalue weighted by Gasteiger charge is -2.33. The predicted molar refractivity (Wildman–Crippen MR) is 164 cm³/mol. The third-order valence-corrected chi connectivity index (χ3v) is 8.88. The van der Waals surface area contributed by atoms with Crippen molar-refractivity contribution in [3.8, 4) is 5.75 Å². The van der Waals surface area contributed by atoms with E-state index in [1.165, 1.54) is 23.3 Å². The Morgan fingerprint density at radius 3 is 2.59 bits per heavy atom. The van der Waals surface area contributed by atoms with Gasteiger partial charge in [-0.3, -0.25) is 10.1 Å². The van der Waals surface area contributed by atoms with Crippen molar-refractivity contribution in [3.05, 3.63) is 80.1 Å². The highest BCUT2D eigenvalue weighted by molar-refractivity contribution is 9.10. The van der Waals surface area contributed by atoms with Crippen molar-refractivity contribution in [2.75, 3.05) is 19.0 Å². The highest BCUT2D eigenvalue weighted by Crippen LogP contribution is 2.44. The van der Waals surface area contributed by atoms with Gasteiger partial charge < -0.3 is 14.8 Å². The largest absolute Gasteiger partial charge is 0.492 e. The molecule has 2 aromatic carbocycles. The van der Waals surface area contributed by atoms with E-state index in [0.29, 0.717) is 40.8 Å². The number of ether oxygens (including phenoxy) is 2. The summed E-state index contributed by atoms with van der Waals surface area (Å²) in [6, 6.07) is 15.3. The van der Waals surface area contributed by atoms with Gasteiger partial charge in [-0.1, -0.05) is 67.0 Å². The van der Waals surface area contributed by atoms with Crippen molar-refractivity contribution in [2.45, 2.75) is 46.5 Å². The van der Waals surface area contributed by atoms with Crippen LogP contribution in [0.2, 0.25) is 0 Å². The summed E-state index contributed by atoms with van der Waals surface area (Å²) in [5.74, 6) is 0.173. The third-order valence-electron chi connectivity index (χ3n) is 7.01. The van der Waals surface area contributed by atoms with E-state index in [4.69, 9.17) is 21.7 Å². The van der Waals surface area contributed by atoms with Crippen LogP contribution < -0.4 is 15.4 Å². The van der Waals surface area contributed by atoms with Gasteiger partial charge in [0.05, 0.1) is 24.8 Å². The molecule has 9 heteroatoms. The first-order chi connectivity index (χ1) is 18.6. The standard InChI is InChI=1S/C30H33BrN2O4S2/c1-30(2,3)19-10-12-21-24(16-19)39-27(25(21)28(35)36-4)33-29(38)32-26(34)22-17-20(31)11-13-23(22)37-15-14-18-8-6-5-7-9-18/h5-9,11,13,17,19H,10,12,14-16H2,1-4H3,(H2,32,33,34,38). The van der Waals surface area contributed by atoms with Gasteiger partial charge >= 0.3 is 5.97 Å². The average molecular weight is 630 g/mol. The molecule has 0 saturated carbocycles. The van der Waals surface area contributed by atoms with Crippen molar-refractivity contribution in [3.63, 3.8) is 0 Å². The maximum atomic E-state index is 13.2. The SMILES string of the molecule is COC(=O)c1c(NC(=S)NC(=O)c2cc(Br)ccc2OCCc2ccccc2)sc2c1CCC(C(C)(C)C)C2. The molecular formula is C30H33BrN2O4S2. The number of carbonyl (C=O) groups excluding carboxylic acids is 2. The van der Waals surface area contributed by atoms with E-state index in [9.17, 15) is 9.59 Å². The van der Waals surface area contributed by atoms with Crippen LogP contribution in [0.4, 0.5) is 5.00 Å². The highest BCUT2D eigenvalue weighted by Gasteiger charge is 2.34. The molecule has 1 aliphatic rings. The fourth-order valence-corrected chi connectivity index (χ4v) is 6.71. The number of thiophene rings is 1. The van der Waals surface area contributed by atoms with E-state index in [-0.39, 0.29) is 10.5 Å². The van der Waals surface area contributed by atoms with E-state index in [1.807, 2.05) is 36.4 Å². The third kappa shape index (κ3) is 7.26. The number of amides is 1. The van der Waals surface area contributed by atoms with Crippen LogP contribution in [0, 0.1) is 11.3 Å². The number of thiocarbonyl (C=S) groups is 1. The first-order valence-electron chi connectivity index (χ1n) is 12.9. The Balaban J connectivity index is 1.48. The van der Waals surface area contributed by atoms with E-state index >= 15 is 0 Å². The second-order valence-corrected chi connectivity index (χ2v) is 13.1. The van der Waals surface area contributed by atoms with E-state index < -0.39 is 11.9 Å². The molecule has 4 rings (SSSR count). The maximum absolute atomic E-state index is 13.2. The van der Waals surface area contributed by atoms with Gasteiger partial charge in [-0.05, 0) is 72.1 Å². The van der Waals surface area contributed by atoms with Crippen molar-refractivity contribution in [2.24, 2.45) is 11.3 Å². The quantitative estimate of drug-likeness (QED) is 0.213. The summed E-state index contributed by atoms with van der Waals surface area (Å²) >= 11 is 10.5. The van der Waals surface area contributed by atoms with E-state index in [2.05, 4.69) is 47.3 Å². The molecule has 0 bridgehead atoms. The number of anilines is 1. The van der Waals surface area contributed by atoms with Gasteiger partial charge in [0.2, 0.25) is 0 Å². The molecule has 0 aliphatic heterocycles. The van der Waals surface area contributed by atoms with Crippen LogP contribution in [0.3, 0.4) is 0 Å². The Bertz CT molecular complexity index is 1370. The van der Waals surface area contributed by atoms with Crippen molar-refractivity contribution >= 4 is 61.5 Å². The summed E-state index contributed by atoms with van der Waals surface area (Å²) in [5.41, 5.74) is 3.21. The zero-order valence-electron chi connectivity index (χ0n) is 22.6. The topological polar surface area (TPSA) is 76.7 Å². The summed E-state index contributed by atoms with van der Waals surface area (Å²) in [5, 5.41) is 6.55. The monoisotopic (exact) mass is 628 g/mol. The van der Waals surface area contributed by atoms with Crippen LogP contribution in [-0.4, -0.2) is 30.7 Å². The van der Waals surface area contributed by atoms with E-state index in [1.54, 1.807) is 12.1 Å². The fraction of sp³-hybridized carbons (Fsp3) is 0.367. The number of rotatable bonds is 7. The molecule has 1 unspecified atom stereocenters. The molecule has 3 aromatic rings. The molecule has 39 heavy (non-hydrogen) atoms. The zero-order valence-corrected chi connectivity index (χ0v) is 25.8. The van der Waals surface area contributed by atoms with Crippen molar-refractivity contribution in [1.29, 1.82) is 0 Å². The minimum absolute atomic E-state index is 0.103. The molecular weight excluding hydrogens is 596 g/mol. The van der Waals surface area contributed by atoms with Gasteiger partial charge in [0.1, 0.15) is 10.8 Å². The van der Waals surface area contributed by atoms with Gasteiger partial charge in [-0.2, -0.15) is 0 Å². The van der Waals surface area contributed by atoms with Crippen molar-refractivity contribution < 1.29 is 19.1 Å². The smallest absolute Gasteiger partial charge is 0.341 e. The number of fused-ring (bicyclic) bond motifs is 1. The second kappa shape index (κ2) is 12.6. The first kappa shape index (κ1) is 29.2. The molecule has 1 heterocycles. The maximum Gasteiger partial charge on any atom is 0.341 e. The Labute approximate surface area is 247 Å². The predicted octanol–water partition coefficient (Wildman–Crippen LogP) is 7.20. The molecule has 6 nitrogen and oxygen atoms in total. The van der Waals surface area contributed by atoms with Crippen molar-refractivity contribution in [1.82, 2.24) is 5.32 Å². The number of esters is 1. The minimum atomic E-state index is -0.405. The summed E-state index contributed by atoms with van der Waals surface area (Å²) in [7, 11) is 1.38. The summed E-state index contributed by atoms with van der Waals surface area (Å²) in [6.45, 7) is 7.18. The van der Waals surface area contributed by atoms with Gasteiger partial charge in [-0.25, -0.2) is 4.79 Å². The minimum Gasteiger partial charge on any atom is -0.492 e. The number of carbonyl (C=O) groups is 2. The number of methoxy groups -OCH3 is 1. The fourth-order valence-electron chi connectivity index (χ4n) is 4.77. The van der Waals surface area contributed by atoms with Crippen LogP contribution in [0.1, 0.15) is 63.9 Å². The van der Waals surface area contributed by atoms with Crippen LogP contribution in [0.15, 0.2) is 53.0 Å². The number of hydrogen-bond donors (Lipinski definition) is 2. The van der Waals surface area contributed by atoms with Gasteiger partial charge in [0, 0.05) is 15.8 Å². The first-order valence-corrected chi connectivity index (χ1v) is 14.9. The summed E-state index contributed by atoms with van der Waals surface area (Å²) in [6.07, 6.45) is 3.43. The van der Waals surface area contributed by atoms with Crippen LogP contribution >= 0.6 is 39.5 Å². The molecule has 1 aromatic heterocycles.